The Morgan fingerprint density at radius 2 is 2.08 bits per heavy atom. The lowest BCUT2D eigenvalue weighted by molar-refractivity contribution is -0.135. The maximum absolute atomic E-state index is 11.0. The van der Waals surface area contributed by atoms with Gasteiger partial charge in [-0.2, -0.15) is 0 Å². The largest absolute Gasteiger partial charge is 0.480 e. The number of ketones is 2. The van der Waals surface area contributed by atoms with E-state index in [9.17, 15) is 14.4 Å². The van der Waals surface area contributed by atoms with Gasteiger partial charge in [0.25, 0.3) is 0 Å². The van der Waals surface area contributed by atoms with Crippen molar-refractivity contribution in [3.8, 4) is 0 Å². The number of hydrogen-bond donors (Lipinski definition) is 2. The summed E-state index contributed by atoms with van der Waals surface area (Å²) in [7, 11) is 0. The van der Waals surface area contributed by atoms with Gasteiger partial charge in [0.1, 0.15) is 6.54 Å². The Morgan fingerprint density at radius 1 is 1.38 bits per heavy atom. The lowest BCUT2D eigenvalue weighted by Gasteiger charge is -2.07. The number of rotatable bonds is 3. The van der Waals surface area contributed by atoms with Crippen molar-refractivity contribution in [3.63, 3.8) is 0 Å². The highest BCUT2D eigenvalue weighted by Crippen LogP contribution is 2.00. The minimum atomic E-state index is -1.09. The van der Waals surface area contributed by atoms with Gasteiger partial charge in [-0.25, -0.2) is 0 Å². The summed E-state index contributed by atoms with van der Waals surface area (Å²) < 4.78 is 0. The number of hydrogen-bond acceptors (Lipinski definition) is 4. The molecule has 0 saturated carbocycles. The van der Waals surface area contributed by atoms with Gasteiger partial charge in [-0.05, 0) is 12.2 Å². The van der Waals surface area contributed by atoms with Gasteiger partial charge in [0.05, 0.1) is 5.70 Å². The average molecular weight is 181 g/mol. The van der Waals surface area contributed by atoms with E-state index in [1.807, 2.05) is 0 Å². The van der Waals surface area contributed by atoms with Gasteiger partial charge in [-0.15, -0.1) is 0 Å². The van der Waals surface area contributed by atoms with Gasteiger partial charge in [0.2, 0.25) is 5.78 Å². The molecule has 1 rings (SSSR count). The number of carbonyl (C=O) groups excluding carboxylic acids is 2. The summed E-state index contributed by atoms with van der Waals surface area (Å²) in [6, 6.07) is 0. The summed E-state index contributed by atoms with van der Waals surface area (Å²) in [4.78, 5) is 31.9. The minimum absolute atomic E-state index is 0.0231. The summed E-state index contributed by atoms with van der Waals surface area (Å²) in [5.41, 5.74) is 0.0231. The molecule has 13 heavy (non-hydrogen) atoms. The zero-order chi connectivity index (χ0) is 9.84. The molecule has 0 aliphatic heterocycles. The SMILES string of the molecule is O=C1C=CC(=O)C(NCC(=O)O)=C1. The van der Waals surface area contributed by atoms with Crippen LogP contribution < -0.4 is 5.32 Å². The summed E-state index contributed by atoms with van der Waals surface area (Å²) in [5, 5.41) is 10.6. The summed E-state index contributed by atoms with van der Waals surface area (Å²) in [6.45, 7) is -0.376. The first-order valence-electron chi connectivity index (χ1n) is 3.53. The Balaban J connectivity index is 2.63. The number of carboxylic acids is 1. The first kappa shape index (κ1) is 9.18. The summed E-state index contributed by atoms with van der Waals surface area (Å²) in [6.07, 6.45) is 3.31. The molecule has 0 saturated heterocycles. The zero-order valence-electron chi connectivity index (χ0n) is 6.61. The van der Waals surface area contributed by atoms with E-state index in [0.29, 0.717) is 0 Å². The van der Waals surface area contributed by atoms with Crippen LogP contribution in [0.15, 0.2) is 23.9 Å². The summed E-state index contributed by atoms with van der Waals surface area (Å²) >= 11 is 0. The van der Waals surface area contributed by atoms with Crippen molar-refractivity contribution >= 4 is 17.5 Å². The molecule has 2 N–H and O–H groups in total. The van der Waals surface area contributed by atoms with Crippen LogP contribution in [-0.2, 0) is 14.4 Å². The van der Waals surface area contributed by atoms with E-state index in [4.69, 9.17) is 5.11 Å². The van der Waals surface area contributed by atoms with Crippen molar-refractivity contribution in [2.24, 2.45) is 0 Å². The van der Waals surface area contributed by atoms with Crippen molar-refractivity contribution < 1.29 is 19.5 Å². The lowest BCUT2D eigenvalue weighted by Crippen LogP contribution is -2.27. The molecule has 0 unspecified atom stereocenters. The van der Waals surface area contributed by atoms with Crippen molar-refractivity contribution in [2.45, 2.75) is 0 Å². The van der Waals surface area contributed by atoms with E-state index in [1.165, 1.54) is 0 Å². The third-order valence-corrected chi connectivity index (χ3v) is 1.38. The van der Waals surface area contributed by atoms with Crippen LogP contribution >= 0.6 is 0 Å². The van der Waals surface area contributed by atoms with E-state index in [2.05, 4.69) is 5.32 Å². The Morgan fingerprint density at radius 3 is 2.69 bits per heavy atom. The molecule has 68 valence electrons. The van der Waals surface area contributed by atoms with Crippen LogP contribution in [0.1, 0.15) is 0 Å². The zero-order valence-corrected chi connectivity index (χ0v) is 6.61. The predicted octanol–water partition coefficient (Wildman–Crippen LogP) is -0.748. The molecule has 0 bridgehead atoms. The van der Waals surface area contributed by atoms with Crippen LogP contribution in [0.3, 0.4) is 0 Å². The fourth-order valence-corrected chi connectivity index (χ4v) is 0.818. The fraction of sp³-hybridized carbons (Fsp3) is 0.125. The molecule has 0 heterocycles. The van der Waals surface area contributed by atoms with E-state index in [0.717, 1.165) is 18.2 Å². The fourth-order valence-electron chi connectivity index (χ4n) is 0.818. The Kier molecular flexibility index (Phi) is 2.59. The smallest absolute Gasteiger partial charge is 0.322 e. The number of aliphatic carboxylic acids is 1. The van der Waals surface area contributed by atoms with Crippen molar-refractivity contribution in [3.05, 3.63) is 23.9 Å². The van der Waals surface area contributed by atoms with Gasteiger partial charge >= 0.3 is 5.97 Å². The van der Waals surface area contributed by atoms with Gasteiger partial charge in [0.15, 0.2) is 5.78 Å². The molecule has 5 heteroatoms. The maximum Gasteiger partial charge on any atom is 0.322 e. The quantitative estimate of drug-likeness (QED) is 0.560. The van der Waals surface area contributed by atoms with Crippen LogP contribution in [0.25, 0.3) is 0 Å². The molecule has 0 aromatic carbocycles. The van der Waals surface area contributed by atoms with Crippen molar-refractivity contribution in [2.75, 3.05) is 6.54 Å². The highest BCUT2D eigenvalue weighted by Gasteiger charge is 2.13. The third-order valence-electron chi connectivity index (χ3n) is 1.38. The molecule has 0 amide bonds. The molecule has 0 fully saturated rings. The Hall–Kier alpha value is -1.91. The van der Waals surface area contributed by atoms with E-state index in [-0.39, 0.29) is 23.8 Å². The second-order valence-corrected chi connectivity index (χ2v) is 2.41. The highest BCUT2D eigenvalue weighted by atomic mass is 16.4. The maximum atomic E-state index is 11.0. The van der Waals surface area contributed by atoms with Gasteiger partial charge in [-0.3, -0.25) is 14.4 Å². The number of carboxylic acid groups (broad SMARTS) is 1. The molecule has 5 nitrogen and oxygen atoms in total. The van der Waals surface area contributed by atoms with E-state index in [1.54, 1.807) is 0 Å². The Bertz CT molecular complexity index is 327. The van der Waals surface area contributed by atoms with Gasteiger partial charge < -0.3 is 10.4 Å². The van der Waals surface area contributed by atoms with Crippen LogP contribution in [0.5, 0.6) is 0 Å². The van der Waals surface area contributed by atoms with E-state index >= 15 is 0 Å². The highest BCUT2D eigenvalue weighted by molar-refractivity contribution is 6.17. The molecular weight excluding hydrogens is 174 g/mol. The normalized spacial score (nSPS) is 15.5. The van der Waals surface area contributed by atoms with Crippen molar-refractivity contribution in [1.29, 1.82) is 0 Å². The van der Waals surface area contributed by atoms with Crippen LogP contribution in [0.2, 0.25) is 0 Å². The summed E-state index contributed by atoms with van der Waals surface area (Å²) in [5.74, 6) is -1.80. The van der Waals surface area contributed by atoms with Gasteiger partial charge in [-0.1, -0.05) is 0 Å². The topological polar surface area (TPSA) is 83.5 Å². The molecule has 0 spiro atoms. The van der Waals surface area contributed by atoms with Crippen molar-refractivity contribution in [1.82, 2.24) is 5.32 Å². The molecule has 0 aromatic rings. The molecule has 1 aliphatic rings. The molecule has 0 atom stereocenters. The monoisotopic (exact) mass is 181 g/mol. The standard InChI is InChI=1S/C8H7NO4/c10-5-1-2-7(11)6(3-5)9-4-8(12)13/h1-3,9H,4H2,(H,12,13). The van der Waals surface area contributed by atoms with E-state index < -0.39 is 5.97 Å². The number of nitrogens with one attached hydrogen (secondary N) is 1. The lowest BCUT2D eigenvalue weighted by atomic mass is 10.1. The average Bonchev–Trinajstić information content (AvgIpc) is 2.06. The molecular formula is C8H7NO4. The van der Waals surface area contributed by atoms with Crippen LogP contribution in [0.4, 0.5) is 0 Å². The second-order valence-electron chi connectivity index (χ2n) is 2.41. The predicted molar refractivity (Wildman–Crippen MR) is 42.9 cm³/mol. The second kappa shape index (κ2) is 3.66. The molecule has 0 aromatic heterocycles. The first-order chi connectivity index (χ1) is 6.09. The number of carbonyl (C=O) groups is 3. The first-order valence-corrected chi connectivity index (χ1v) is 3.53. The molecule has 1 aliphatic carbocycles. The third kappa shape index (κ3) is 2.55. The van der Waals surface area contributed by atoms with Crippen LogP contribution in [-0.4, -0.2) is 29.2 Å². The van der Waals surface area contributed by atoms with Gasteiger partial charge in [0, 0.05) is 6.08 Å². The Labute approximate surface area is 73.7 Å². The minimum Gasteiger partial charge on any atom is -0.480 e. The molecule has 0 radical (unpaired) electrons. The number of allylic oxidation sites excluding steroid dienone is 3. The van der Waals surface area contributed by atoms with Crippen LogP contribution in [0, 0.1) is 0 Å².